The molecule has 3 aromatic heterocycles. The van der Waals surface area contributed by atoms with Crippen LogP contribution in [0.1, 0.15) is 19.3 Å². The molecule has 1 aliphatic heterocycles. The number of imidazole rings is 1. The van der Waals surface area contributed by atoms with Crippen LogP contribution in [0, 0.1) is 0 Å². The average molecular weight is 350 g/mol. The van der Waals surface area contributed by atoms with Gasteiger partial charge in [-0.3, -0.25) is 15.4 Å². The molecule has 1 saturated heterocycles. The van der Waals surface area contributed by atoms with E-state index in [0.29, 0.717) is 17.1 Å². The Morgan fingerprint density at radius 3 is 2.54 bits per heavy atom. The summed E-state index contributed by atoms with van der Waals surface area (Å²) >= 11 is 0. The Bertz CT molecular complexity index is 880. The molecular weight excluding hydrogens is 328 g/mol. The van der Waals surface area contributed by atoms with Crippen molar-refractivity contribution in [3.63, 3.8) is 0 Å². The molecule has 3 aromatic rings. The van der Waals surface area contributed by atoms with Crippen molar-refractivity contribution in [2.75, 3.05) is 29.1 Å². The number of hydrogen-bond acceptors (Lipinski definition) is 7. The van der Waals surface area contributed by atoms with E-state index in [4.69, 9.17) is 11.6 Å². The number of aromatic nitrogens is 4. The quantitative estimate of drug-likeness (QED) is 0.488. The van der Waals surface area contributed by atoms with Crippen LogP contribution in [0.5, 0.6) is 0 Å². The minimum absolute atomic E-state index is 0.491. The average Bonchev–Trinajstić information content (AvgIpc) is 3.19. The van der Waals surface area contributed by atoms with E-state index in [1.54, 1.807) is 18.6 Å². The third kappa shape index (κ3) is 3.18. The number of rotatable bonds is 4. The van der Waals surface area contributed by atoms with E-state index in [9.17, 15) is 0 Å². The lowest BCUT2D eigenvalue weighted by molar-refractivity contribution is 0.577. The molecule has 0 spiro atoms. The predicted octanol–water partition coefficient (Wildman–Crippen LogP) is 2.19. The van der Waals surface area contributed by atoms with E-state index in [0.717, 1.165) is 24.6 Å². The van der Waals surface area contributed by atoms with Crippen molar-refractivity contribution in [2.24, 2.45) is 5.84 Å². The number of hydrogen-bond donors (Lipinski definition) is 3. The molecule has 134 valence electrons. The van der Waals surface area contributed by atoms with Crippen LogP contribution in [-0.4, -0.2) is 32.6 Å². The van der Waals surface area contributed by atoms with E-state index in [2.05, 4.69) is 31.3 Å². The first-order valence-corrected chi connectivity index (χ1v) is 8.72. The van der Waals surface area contributed by atoms with Gasteiger partial charge < -0.3 is 16.1 Å². The van der Waals surface area contributed by atoms with Crippen LogP contribution < -0.4 is 21.9 Å². The van der Waals surface area contributed by atoms with Gasteiger partial charge in [-0.2, -0.15) is 0 Å². The Hall–Kier alpha value is -3.13. The second kappa shape index (κ2) is 7.01. The Kier molecular flexibility index (Phi) is 4.40. The zero-order valence-electron chi connectivity index (χ0n) is 14.5. The highest BCUT2D eigenvalue weighted by atomic mass is 15.2. The molecule has 4 heterocycles. The highest BCUT2D eigenvalue weighted by Crippen LogP contribution is 2.24. The first kappa shape index (κ1) is 16.3. The van der Waals surface area contributed by atoms with Gasteiger partial charge in [-0.25, -0.2) is 9.97 Å². The largest absolute Gasteiger partial charge is 0.396 e. The Morgan fingerprint density at radius 2 is 1.81 bits per heavy atom. The molecule has 8 nitrogen and oxygen atoms in total. The molecule has 0 saturated carbocycles. The van der Waals surface area contributed by atoms with E-state index < -0.39 is 0 Å². The Balaban J connectivity index is 1.56. The Morgan fingerprint density at radius 1 is 0.962 bits per heavy atom. The van der Waals surface area contributed by atoms with Gasteiger partial charge in [0.05, 0.1) is 35.1 Å². The van der Waals surface area contributed by atoms with Gasteiger partial charge in [-0.1, -0.05) is 0 Å². The highest BCUT2D eigenvalue weighted by molar-refractivity contribution is 5.70. The van der Waals surface area contributed by atoms with Crippen molar-refractivity contribution < 1.29 is 0 Å². The second-order valence-electron chi connectivity index (χ2n) is 6.39. The summed E-state index contributed by atoms with van der Waals surface area (Å²) in [4.78, 5) is 15.7. The smallest absolute Gasteiger partial charge is 0.137 e. The SMILES string of the molecule is NNc1cc(-c2cn(-c3ccc(N4CCCCC4)cn3)cn2)ncc1N. The molecule has 1 aliphatic rings. The summed E-state index contributed by atoms with van der Waals surface area (Å²) < 4.78 is 1.88. The molecular formula is C18H22N8. The zero-order chi connectivity index (χ0) is 17.9. The molecule has 0 radical (unpaired) electrons. The molecule has 0 aliphatic carbocycles. The minimum atomic E-state index is 0.491. The number of nitrogen functional groups attached to an aromatic ring is 2. The lowest BCUT2D eigenvalue weighted by atomic mass is 10.1. The molecule has 0 atom stereocenters. The van der Waals surface area contributed by atoms with Gasteiger partial charge in [0.1, 0.15) is 17.8 Å². The van der Waals surface area contributed by atoms with Crippen molar-refractivity contribution in [3.8, 4) is 17.2 Å². The fraction of sp³-hybridized carbons (Fsp3) is 0.278. The third-order valence-corrected chi connectivity index (χ3v) is 4.65. The van der Waals surface area contributed by atoms with Gasteiger partial charge in [0, 0.05) is 19.3 Å². The predicted molar refractivity (Wildman–Crippen MR) is 103 cm³/mol. The van der Waals surface area contributed by atoms with Crippen LogP contribution >= 0.6 is 0 Å². The number of piperidine rings is 1. The number of anilines is 3. The molecule has 26 heavy (non-hydrogen) atoms. The van der Waals surface area contributed by atoms with Gasteiger partial charge >= 0.3 is 0 Å². The number of nitrogens with two attached hydrogens (primary N) is 2. The fourth-order valence-electron chi connectivity index (χ4n) is 3.18. The lowest BCUT2D eigenvalue weighted by Gasteiger charge is -2.28. The maximum Gasteiger partial charge on any atom is 0.137 e. The molecule has 5 N–H and O–H groups in total. The fourth-order valence-corrected chi connectivity index (χ4v) is 3.18. The first-order valence-electron chi connectivity index (χ1n) is 8.72. The number of nitrogens with one attached hydrogen (secondary N) is 1. The summed E-state index contributed by atoms with van der Waals surface area (Å²) in [5.74, 6) is 6.29. The van der Waals surface area contributed by atoms with Gasteiger partial charge in [0.2, 0.25) is 0 Å². The van der Waals surface area contributed by atoms with Crippen molar-refractivity contribution in [1.82, 2.24) is 19.5 Å². The van der Waals surface area contributed by atoms with Gasteiger partial charge in [-0.05, 0) is 37.5 Å². The van der Waals surface area contributed by atoms with Gasteiger partial charge in [0.15, 0.2) is 0 Å². The minimum Gasteiger partial charge on any atom is -0.396 e. The van der Waals surface area contributed by atoms with Crippen molar-refractivity contribution >= 4 is 17.1 Å². The van der Waals surface area contributed by atoms with Crippen LogP contribution in [-0.2, 0) is 0 Å². The molecule has 1 fully saturated rings. The lowest BCUT2D eigenvalue weighted by Crippen LogP contribution is -2.29. The zero-order valence-corrected chi connectivity index (χ0v) is 14.5. The van der Waals surface area contributed by atoms with Crippen LogP contribution in [0.2, 0.25) is 0 Å². The van der Waals surface area contributed by atoms with Crippen LogP contribution in [0.15, 0.2) is 43.1 Å². The maximum absolute atomic E-state index is 5.81. The normalized spacial score (nSPS) is 14.4. The van der Waals surface area contributed by atoms with E-state index in [1.165, 1.54) is 24.9 Å². The molecule has 0 unspecified atom stereocenters. The highest BCUT2D eigenvalue weighted by Gasteiger charge is 2.12. The van der Waals surface area contributed by atoms with Crippen molar-refractivity contribution in [3.05, 3.63) is 43.1 Å². The summed E-state index contributed by atoms with van der Waals surface area (Å²) in [6.45, 7) is 2.22. The number of hydrazine groups is 1. The summed E-state index contributed by atoms with van der Waals surface area (Å²) in [6.07, 6.45) is 10.9. The second-order valence-corrected chi connectivity index (χ2v) is 6.39. The number of nitrogens with zero attached hydrogens (tertiary/aromatic N) is 5. The summed E-state index contributed by atoms with van der Waals surface area (Å²) in [7, 11) is 0. The molecule has 0 amide bonds. The van der Waals surface area contributed by atoms with E-state index in [1.807, 2.05) is 23.0 Å². The van der Waals surface area contributed by atoms with Crippen molar-refractivity contribution in [2.45, 2.75) is 19.3 Å². The van der Waals surface area contributed by atoms with Gasteiger partial charge in [0.25, 0.3) is 0 Å². The van der Waals surface area contributed by atoms with Crippen LogP contribution in [0.25, 0.3) is 17.2 Å². The maximum atomic E-state index is 5.81. The van der Waals surface area contributed by atoms with E-state index in [-0.39, 0.29) is 0 Å². The van der Waals surface area contributed by atoms with Crippen molar-refractivity contribution in [1.29, 1.82) is 0 Å². The molecule has 0 aromatic carbocycles. The monoisotopic (exact) mass is 350 g/mol. The standard InChI is InChI=1S/C18H22N8/c19-14-10-21-16(8-15(14)24-20)17-11-26(12-23-17)18-5-4-13(9-22-18)25-6-2-1-3-7-25/h4-5,8-12H,1-3,6-7,19-20H2,(H,21,24). The first-order chi connectivity index (χ1) is 12.7. The summed E-state index contributed by atoms with van der Waals surface area (Å²) in [6, 6.07) is 5.90. The molecule has 8 heteroatoms. The summed E-state index contributed by atoms with van der Waals surface area (Å²) in [5.41, 5.74) is 12.1. The van der Waals surface area contributed by atoms with Crippen LogP contribution in [0.4, 0.5) is 17.1 Å². The molecule has 4 rings (SSSR count). The van der Waals surface area contributed by atoms with Crippen LogP contribution in [0.3, 0.4) is 0 Å². The Labute approximate surface area is 151 Å². The summed E-state index contributed by atoms with van der Waals surface area (Å²) in [5, 5.41) is 0. The third-order valence-electron chi connectivity index (χ3n) is 4.65. The van der Waals surface area contributed by atoms with Gasteiger partial charge in [-0.15, -0.1) is 0 Å². The number of pyridine rings is 2. The molecule has 0 bridgehead atoms. The topological polar surface area (TPSA) is 111 Å². The van der Waals surface area contributed by atoms with E-state index >= 15 is 0 Å².